The second-order valence-electron chi connectivity index (χ2n) is 5.85. The molecule has 0 aromatic carbocycles. The van der Waals surface area contributed by atoms with Crippen molar-refractivity contribution in [2.24, 2.45) is 0 Å². The SMILES string of the molecule is O=C1CC(NC2CCOCC2)C(=O)N1C1CCCC1. The molecule has 3 fully saturated rings. The summed E-state index contributed by atoms with van der Waals surface area (Å²) in [7, 11) is 0. The first-order valence-corrected chi connectivity index (χ1v) is 7.45. The summed E-state index contributed by atoms with van der Waals surface area (Å²) in [6.07, 6.45) is 6.46. The minimum atomic E-state index is -0.295. The quantitative estimate of drug-likeness (QED) is 0.769. The zero-order valence-corrected chi connectivity index (χ0v) is 11.3. The van der Waals surface area contributed by atoms with E-state index in [-0.39, 0.29) is 23.9 Å². The maximum Gasteiger partial charge on any atom is 0.247 e. The van der Waals surface area contributed by atoms with E-state index < -0.39 is 0 Å². The molecule has 2 saturated heterocycles. The smallest absolute Gasteiger partial charge is 0.247 e. The molecular weight excluding hydrogens is 244 g/mol. The Kier molecular flexibility index (Phi) is 3.84. The van der Waals surface area contributed by atoms with Crippen LogP contribution in [0, 0.1) is 0 Å². The van der Waals surface area contributed by atoms with Crippen molar-refractivity contribution in [3.8, 4) is 0 Å². The Morgan fingerprint density at radius 3 is 2.42 bits per heavy atom. The minimum Gasteiger partial charge on any atom is -0.381 e. The van der Waals surface area contributed by atoms with Crippen LogP contribution in [0.4, 0.5) is 0 Å². The average Bonchev–Trinajstić information content (AvgIpc) is 3.01. The fourth-order valence-electron chi connectivity index (χ4n) is 3.48. The summed E-state index contributed by atoms with van der Waals surface area (Å²) >= 11 is 0. The van der Waals surface area contributed by atoms with Crippen LogP contribution in [0.25, 0.3) is 0 Å². The van der Waals surface area contributed by atoms with E-state index >= 15 is 0 Å². The molecule has 0 aromatic heterocycles. The fourth-order valence-corrected chi connectivity index (χ4v) is 3.48. The van der Waals surface area contributed by atoms with Gasteiger partial charge in [-0.05, 0) is 25.7 Å². The van der Waals surface area contributed by atoms with Crippen LogP contribution in [0.3, 0.4) is 0 Å². The molecule has 1 saturated carbocycles. The molecule has 2 heterocycles. The van der Waals surface area contributed by atoms with Crippen molar-refractivity contribution in [2.75, 3.05) is 13.2 Å². The number of nitrogens with one attached hydrogen (secondary N) is 1. The largest absolute Gasteiger partial charge is 0.381 e. The zero-order valence-electron chi connectivity index (χ0n) is 11.3. The highest BCUT2D eigenvalue weighted by molar-refractivity contribution is 6.05. The van der Waals surface area contributed by atoms with Gasteiger partial charge in [0.25, 0.3) is 0 Å². The first kappa shape index (κ1) is 13.1. The lowest BCUT2D eigenvalue weighted by molar-refractivity contribution is -0.141. The van der Waals surface area contributed by atoms with Crippen LogP contribution >= 0.6 is 0 Å². The van der Waals surface area contributed by atoms with Gasteiger partial charge >= 0.3 is 0 Å². The third kappa shape index (κ3) is 2.67. The van der Waals surface area contributed by atoms with Crippen molar-refractivity contribution in [2.45, 2.75) is 63.1 Å². The van der Waals surface area contributed by atoms with Gasteiger partial charge < -0.3 is 10.1 Å². The molecule has 0 spiro atoms. The van der Waals surface area contributed by atoms with Crippen molar-refractivity contribution in [1.29, 1.82) is 0 Å². The molecule has 1 aliphatic carbocycles. The second kappa shape index (κ2) is 5.59. The molecule has 106 valence electrons. The number of hydrogen-bond donors (Lipinski definition) is 1. The van der Waals surface area contributed by atoms with Gasteiger partial charge in [-0.25, -0.2) is 0 Å². The van der Waals surface area contributed by atoms with Crippen molar-refractivity contribution in [3.63, 3.8) is 0 Å². The average molecular weight is 266 g/mol. The highest BCUT2D eigenvalue weighted by Crippen LogP contribution is 2.28. The molecule has 2 aliphatic heterocycles. The summed E-state index contributed by atoms with van der Waals surface area (Å²) in [5.41, 5.74) is 0. The monoisotopic (exact) mass is 266 g/mol. The van der Waals surface area contributed by atoms with Crippen molar-refractivity contribution in [3.05, 3.63) is 0 Å². The molecule has 2 amide bonds. The highest BCUT2D eigenvalue weighted by Gasteiger charge is 2.43. The predicted octanol–water partition coefficient (Wildman–Crippen LogP) is 0.825. The number of imide groups is 1. The first-order valence-electron chi connectivity index (χ1n) is 7.45. The number of hydrogen-bond acceptors (Lipinski definition) is 4. The summed E-state index contributed by atoms with van der Waals surface area (Å²) in [6, 6.07) is 0.191. The second-order valence-corrected chi connectivity index (χ2v) is 5.85. The number of amides is 2. The number of likely N-dealkylation sites (tertiary alicyclic amines) is 1. The lowest BCUT2D eigenvalue weighted by Crippen LogP contribution is -2.47. The molecule has 5 nitrogen and oxygen atoms in total. The van der Waals surface area contributed by atoms with Crippen LogP contribution in [0.1, 0.15) is 44.9 Å². The lowest BCUT2D eigenvalue weighted by atomic mass is 10.1. The summed E-state index contributed by atoms with van der Waals surface area (Å²) < 4.78 is 5.31. The highest BCUT2D eigenvalue weighted by atomic mass is 16.5. The van der Waals surface area contributed by atoms with Crippen molar-refractivity contribution < 1.29 is 14.3 Å². The van der Waals surface area contributed by atoms with Crippen LogP contribution in [-0.2, 0) is 14.3 Å². The summed E-state index contributed by atoms with van der Waals surface area (Å²) in [5, 5.41) is 3.36. The standard InChI is InChI=1S/C14H22N2O3/c17-13-9-12(15-10-5-7-19-8-6-10)14(18)16(13)11-3-1-2-4-11/h10-12,15H,1-9H2. The van der Waals surface area contributed by atoms with Crippen LogP contribution in [0.5, 0.6) is 0 Å². The normalized spacial score (nSPS) is 30.5. The third-order valence-corrected chi connectivity index (χ3v) is 4.53. The molecule has 1 atom stereocenters. The van der Waals surface area contributed by atoms with Gasteiger partial charge in [0.05, 0.1) is 12.5 Å². The summed E-state index contributed by atoms with van der Waals surface area (Å²) in [4.78, 5) is 26.0. The van der Waals surface area contributed by atoms with E-state index in [1.165, 1.54) is 0 Å². The number of rotatable bonds is 3. The Bertz CT molecular complexity index is 360. The molecule has 0 radical (unpaired) electrons. The Morgan fingerprint density at radius 1 is 1.05 bits per heavy atom. The van der Waals surface area contributed by atoms with Crippen LogP contribution in [0.15, 0.2) is 0 Å². The number of carbonyl (C=O) groups excluding carboxylic acids is 2. The molecule has 19 heavy (non-hydrogen) atoms. The molecule has 3 rings (SSSR count). The number of carbonyl (C=O) groups is 2. The minimum absolute atomic E-state index is 0.00314. The fraction of sp³-hybridized carbons (Fsp3) is 0.857. The molecule has 3 aliphatic rings. The van der Waals surface area contributed by atoms with Gasteiger partial charge in [0.15, 0.2) is 0 Å². The molecule has 0 aromatic rings. The maximum atomic E-state index is 12.4. The van der Waals surface area contributed by atoms with E-state index in [0.29, 0.717) is 12.5 Å². The molecule has 1 N–H and O–H groups in total. The third-order valence-electron chi connectivity index (χ3n) is 4.53. The van der Waals surface area contributed by atoms with E-state index in [2.05, 4.69) is 5.32 Å². The van der Waals surface area contributed by atoms with Gasteiger partial charge in [-0.15, -0.1) is 0 Å². The van der Waals surface area contributed by atoms with Gasteiger partial charge in [-0.3, -0.25) is 14.5 Å². The van der Waals surface area contributed by atoms with Gasteiger partial charge in [0.2, 0.25) is 11.8 Å². The first-order chi connectivity index (χ1) is 9.25. The van der Waals surface area contributed by atoms with Gasteiger partial charge in [-0.1, -0.05) is 12.8 Å². The Morgan fingerprint density at radius 2 is 1.74 bits per heavy atom. The topological polar surface area (TPSA) is 58.6 Å². The number of ether oxygens (including phenoxy) is 1. The van der Waals surface area contributed by atoms with E-state index in [9.17, 15) is 9.59 Å². The maximum absolute atomic E-state index is 12.4. The summed E-state index contributed by atoms with van der Waals surface area (Å²) in [6.45, 7) is 1.50. The van der Waals surface area contributed by atoms with Gasteiger partial charge in [0, 0.05) is 25.3 Å². The molecule has 5 heteroatoms. The van der Waals surface area contributed by atoms with Crippen molar-refractivity contribution in [1.82, 2.24) is 10.2 Å². The van der Waals surface area contributed by atoms with Crippen molar-refractivity contribution >= 4 is 11.8 Å². The predicted molar refractivity (Wildman–Crippen MR) is 69.5 cm³/mol. The zero-order chi connectivity index (χ0) is 13.2. The van der Waals surface area contributed by atoms with E-state index in [1.807, 2.05) is 0 Å². The van der Waals surface area contributed by atoms with E-state index in [0.717, 1.165) is 51.7 Å². The number of nitrogens with zero attached hydrogens (tertiary/aromatic N) is 1. The Labute approximate surface area is 113 Å². The van der Waals surface area contributed by atoms with Crippen LogP contribution in [0.2, 0.25) is 0 Å². The van der Waals surface area contributed by atoms with Gasteiger partial charge in [0.1, 0.15) is 0 Å². The molecular formula is C14H22N2O3. The molecule has 0 bridgehead atoms. The van der Waals surface area contributed by atoms with E-state index in [4.69, 9.17) is 4.74 Å². The Hall–Kier alpha value is -0.940. The molecule has 1 unspecified atom stereocenters. The Balaban J connectivity index is 1.61. The summed E-state index contributed by atoms with van der Waals surface area (Å²) in [5.74, 6) is 0.0184. The van der Waals surface area contributed by atoms with Crippen LogP contribution in [-0.4, -0.2) is 48.1 Å². The van der Waals surface area contributed by atoms with Crippen LogP contribution < -0.4 is 5.32 Å². The van der Waals surface area contributed by atoms with E-state index in [1.54, 1.807) is 4.90 Å². The lowest BCUT2D eigenvalue weighted by Gasteiger charge is -2.26. The van der Waals surface area contributed by atoms with Gasteiger partial charge in [-0.2, -0.15) is 0 Å².